The van der Waals surface area contributed by atoms with Crippen LogP contribution in [0.25, 0.3) is 10.9 Å². The summed E-state index contributed by atoms with van der Waals surface area (Å²) in [6.07, 6.45) is 0.732. The van der Waals surface area contributed by atoms with Crippen LogP contribution in [-0.4, -0.2) is 21.2 Å². The van der Waals surface area contributed by atoms with Crippen molar-refractivity contribution in [3.05, 3.63) is 85.8 Å². The average Bonchev–Trinajstić information content (AvgIpc) is 3.28. The monoisotopic (exact) mass is 469 g/mol. The van der Waals surface area contributed by atoms with E-state index in [1.165, 1.54) is 16.6 Å². The summed E-state index contributed by atoms with van der Waals surface area (Å²) in [6, 6.07) is 16.8. The number of carbonyl (C=O) groups is 1. The maximum atomic E-state index is 13.1. The SMILES string of the molecule is Cc1cccc(Cl)c1NC(=O)CSc1nc2ccccc2c(=O)n1CCc1cccs1. The van der Waals surface area contributed by atoms with Gasteiger partial charge in [-0.2, -0.15) is 0 Å². The first kappa shape index (κ1) is 21.6. The summed E-state index contributed by atoms with van der Waals surface area (Å²) < 4.78 is 1.67. The fourth-order valence-electron chi connectivity index (χ4n) is 3.23. The molecule has 31 heavy (non-hydrogen) atoms. The molecule has 0 aliphatic carbocycles. The van der Waals surface area contributed by atoms with Crippen LogP contribution in [0.1, 0.15) is 10.4 Å². The third-order valence-electron chi connectivity index (χ3n) is 4.81. The number of rotatable bonds is 7. The highest BCUT2D eigenvalue weighted by atomic mass is 35.5. The smallest absolute Gasteiger partial charge is 0.262 e. The Morgan fingerprint density at radius 3 is 2.77 bits per heavy atom. The number of nitrogens with one attached hydrogen (secondary N) is 1. The van der Waals surface area contributed by atoms with Crippen molar-refractivity contribution >= 4 is 57.2 Å². The van der Waals surface area contributed by atoms with Gasteiger partial charge in [-0.3, -0.25) is 14.2 Å². The number of benzene rings is 2. The van der Waals surface area contributed by atoms with Gasteiger partial charge < -0.3 is 5.32 Å². The van der Waals surface area contributed by atoms with E-state index in [0.717, 1.165) is 12.0 Å². The fourth-order valence-corrected chi connectivity index (χ4v) is 5.02. The number of aryl methyl sites for hydroxylation is 2. The molecule has 5 nitrogen and oxygen atoms in total. The zero-order valence-corrected chi connectivity index (χ0v) is 19.2. The Morgan fingerprint density at radius 1 is 1.16 bits per heavy atom. The Labute approximate surface area is 193 Å². The van der Waals surface area contributed by atoms with E-state index in [1.54, 1.807) is 28.0 Å². The molecule has 0 saturated heterocycles. The predicted octanol–water partition coefficient (Wildman–Crippen LogP) is 5.39. The minimum Gasteiger partial charge on any atom is -0.324 e. The zero-order chi connectivity index (χ0) is 21.8. The molecule has 0 bridgehead atoms. The highest BCUT2D eigenvalue weighted by Crippen LogP contribution is 2.26. The summed E-state index contributed by atoms with van der Waals surface area (Å²) in [5.41, 5.74) is 2.04. The van der Waals surface area contributed by atoms with Gasteiger partial charge in [-0.25, -0.2) is 4.98 Å². The predicted molar refractivity (Wildman–Crippen MR) is 130 cm³/mol. The molecule has 0 spiro atoms. The number of anilines is 1. The summed E-state index contributed by atoms with van der Waals surface area (Å²) in [6.45, 7) is 2.40. The van der Waals surface area contributed by atoms with Crippen molar-refractivity contribution in [1.29, 1.82) is 0 Å². The Kier molecular flexibility index (Phi) is 6.75. The lowest BCUT2D eigenvalue weighted by molar-refractivity contribution is -0.113. The van der Waals surface area contributed by atoms with Crippen LogP contribution in [0, 0.1) is 6.92 Å². The maximum absolute atomic E-state index is 13.1. The van der Waals surface area contributed by atoms with Crippen LogP contribution in [0.5, 0.6) is 0 Å². The van der Waals surface area contributed by atoms with Gasteiger partial charge in [-0.1, -0.05) is 53.7 Å². The van der Waals surface area contributed by atoms with Gasteiger partial charge in [-0.05, 0) is 48.6 Å². The van der Waals surface area contributed by atoms with E-state index < -0.39 is 0 Å². The minimum absolute atomic E-state index is 0.0907. The lowest BCUT2D eigenvalue weighted by atomic mass is 10.2. The number of fused-ring (bicyclic) bond motifs is 1. The van der Waals surface area contributed by atoms with Gasteiger partial charge >= 0.3 is 0 Å². The minimum atomic E-state index is -0.201. The van der Waals surface area contributed by atoms with E-state index in [4.69, 9.17) is 11.6 Å². The van der Waals surface area contributed by atoms with Gasteiger partial charge in [0, 0.05) is 11.4 Å². The van der Waals surface area contributed by atoms with E-state index in [2.05, 4.69) is 16.4 Å². The largest absolute Gasteiger partial charge is 0.324 e. The number of nitrogens with zero attached hydrogens (tertiary/aromatic N) is 2. The molecule has 2 aromatic heterocycles. The molecule has 0 aliphatic heterocycles. The number of hydrogen-bond acceptors (Lipinski definition) is 5. The zero-order valence-electron chi connectivity index (χ0n) is 16.8. The molecule has 0 saturated carbocycles. The summed E-state index contributed by atoms with van der Waals surface area (Å²) in [7, 11) is 0. The summed E-state index contributed by atoms with van der Waals surface area (Å²) in [5.74, 6) is -0.0811. The Hall–Kier alpha value is -2.61. The van der Waals surface area contributed by atoms with E-state index in [9.17, 15) is 9.59 Å². The van der Waals surface area contributed by atoms with Crippen LogP contribution >= 0.6 is 34.7 Å². The summed E-state index contributed by atoms with van der Waals surface area (Å²) >= 11 is 9.13. The van der Waals surface area contributed by atoms with E-state index >= 15 is 0 Å². The maximum Gasteiger partial charge on any atom is 0.262 e. The van der Waals surface area contributed by atoms with Gasteiger partial charge in [0.15, 0.2) is 5.16 Å². The Bertz CT molecular complexity index is 1270. The normalized spacial score (nSPS) is 11.0. The first-order valence-electron chi connectivity index (χ1n) is 9.72. The Balaban J connectivity index is 1.57. The number of halogens is 1. The number of thiophene rings is 1. The molecule has 2 aromatic carbocycles. The first-order valence-corrected chi connectivity index (χ1v) is 12.0. The quantitative estimate of drug-likeness (QED) is 0.291. The van der Waals surface area contributed by atoms with Crippen molar-refractivity contribution in [3.8, 4) is 0 Å². The molecule has 8 heteroatoms. The fraction of sp³-hybridized carbons (Fsp3) is 0.174. The van der Waals surface area contributed by atoms with E-state index in [0.29, 0.717) is 33.3 Å². The lowest BCUT2D eigenvalue weighted by Gasteiger charge is -2.13. The molecule has 1 N–H and O–H groups in total. The third-order valence-corrected chi connectivity index (χ3v) is 7.03. The van der Waals surface area contributed by atoms with Gasteiger partial charge in [0.1, 0.15) is 0 Å². The van der Waals surface area contributed by atoms with Crippen LogP contribution in [0.15, 0.2) is 69.9 Å². The van der Waals surface area contributed by atoms with Crippen molar-refractivity contribution in [2.24, 2.45) is 0 Å². The number of carbonyl (C=O) groups excluding carboxylic acids is 1. The van der Waals surface area contributed by atoms with Crippen LogP contribution in [0.4, 0.5) is 5.69 Å². The average molecular weight is 470 g/mol. The van der Waals surface area contributed by atoms with Crippen LogP contribution in [0.2, 0.25) is 5.02 Å². The highest BCUT2D eigenvalue weighted by Gasteiger charge is 2.15. The molecule has 2 heterocycles. The van der Waals surface area contributed by atoms with Crippen molar-refractivity contribution < 1.29 is 4.79 Å². The molecule has 158 valence electrons. The van der Waals surface area contributed by atoms with Gasteiger partial charge in [-0.15, -0.1) is 11.3 Å². The number of aromatic nitrogens is 2. The second-order valence-corrected chi connectivity index (χ2v) is 9.35. The highest BCUT2D eigenvalue weighted by molar-refractivity contribution is 7.99. The third kappa shape index (κ3) is 5.01. The summed E-state index contributed by atoms with van der Waals surface area (Å²) in [5, 5.41) is 6.50. The molecule has 0 radical (unpaired) electrons. The van der Waals surface area contributed by atoms with Crippen molar-refractivity contribution in [2.75, 3.05) is 11.1 Å². The molecule has 4 rings (SSSR count). The van der Waals surface area contributed by atoms with Gasteiger partial charge in [0.05, 0.1) is 27.4 Å². The molecule has 1 amide bonds. The molecule has 0 fully saturated rings. The molecule has 4 aromatic rings. The lowest BCUT2D eigenvalue weighted by Crippen LogP contribution is -2.25. The number of amides is 1. The molecule has 0 aliphatic rings. The van der Waals surface area contributed by atoms with Crippen LogP contribution < -0.4 is 10.9 Å². The second-order valence-electron chi connectivity index (χ2n) is 6.97. The van der Waals surface area contributed by atoms with Crippen molar-refractivity contribution in [2.45, 2.75) is 25.0 Å². The van der Waals surface area contributed by atoms with E-state index in [1.807, 2.05) is 48.7 Å². The molecule has 0 atom stereocenters. The number of para-hydroxylation sites is 2. The van der Waals surface area contributed by atoms with Crippen LogP contribution in [-0.2, 0) is 17.8 Å². The molecular formula is C23H20ClN3O2S2. The number of hydrogen-bond donors (Lipinski definition) is 1. The van der Waals surface area contributed by atoms with Crippen LogP contribution in [0.3, 0.4) is 0 Å². The van der Waals surface area contributed by atoms with Crippen molar-refractivity contribution in [1.82, 2.24) is 9.55 Å². The van der Waals surface area contributed by atoms with E-state index in [-0.39, 0.29) is 17.2 Å². The Morgan fingerprint density at radius 2 is 2.00 bits per heavy atom. The topological polar surface area (TPSA) is 64.0 Å². The second kappa shape index (κ2) is 9.68. The first-order chi connectivity index (χ1) is 15.0. The van der Waals surface area contributed by atoms with Gasteiger partial charge in [0.25, 0.3) is 5.56 Å². The van der Waals surface area contributed by atoms with Crippen molar-refractivity contribution in [3.63, 3.8) is 0 Å². The molecule has 0 unspecified atom stereocenters. The number of thioether (sulfide) groups is 1. The molecular weight excluding hydrogens is 450 g/mol. The standard InChI is InChI=1S/C23H20ClN3O2S2/c1-15-6-4-9-18(24)21(15)26-20(28)14-31-23-25-19-10-3-2-8-17(19)22(29)27(23)12-11-16-7-5-13-30-16/h2-10,13H,11-12,14H2,1H3,(H,26,28). The van der Waals surface area contributed by atoms with Gasteiger partial charge in [0.2, 0.25) is 5.91 Å². The summed E-state index contributed by atoms with van der Waals surface area (Å²) in [4.78, 5) is 31.6.